The zero-order valence-electron chi connectivity index (χ0n) is 21.9. The molecule has 2 amide bonds. The Morgan fingerprint density at radius 3 is 2.33 bits per heavy atom. The molecule has 0 bridgehead atoms. The molecule has 208 valence electrons. The van der Waals surface area contributed by atoms with Crippen molar-refractivity contribution in [2.45, 2.75) is 25.9 Å². The Labute approximate surface area is 243 Å². The molecule has 0 fully saturated rings. The molecular formula is C28H31BrClN3O5S. The first-order chi connectivity index (χ1) is 18.5. The number of ether oxygens (including phenoxy) is 1. The molecule has 3 aromatic rings. The third-order valence-electron chi connectivity index (χ3n) is 5.95. The van der Waals surface area contributed by atoms with Crippen molar-refractivity contribution in [3.63, 3.8) is 0 Å². The van der Waals surface area contributed by atoms with Crippen molar-refractivity contribution >= 4 is 55.1 Å². The van der Waals surface area contributed by atoms with Gasteiger partial charge in [-0.15, -0.1) is 0 Å². The highest BCUT2D eigenvalue weighted by Crippen LogP contribution is 2.33. The SMILES string of the molecule is CCNC(=O)[C@@H](Cc1ccccc1)N(Cc1cccc(Br)c1)C(=O)CN(c1cc(Cl)ccc1OC)S(C)(=O)=O. The lowest BCUT2D eigenvalue weighted by Gasteiger charge is -2.33. The number of amides is 2. The molecule has 0 saturated heterocycles. The molecule has 0 unspecified atom stereocenters. The lowest BCUT2D eigenvalue weighted by atomic mass is 10.0. The number of anilines is 1. The number of carbonyl (C=O) groups excluding carboxylic acids is 2. The van der Waals surface area contributed by atoms with Gasteiger partial charge in [-0.2, -0.15) is 0 Å². The minimum Gasteiger partial charge on any atom is -0.495 e. The third kappa shape index (κ3) is 8.45. The van der Waals surface area contributed by atoms with Gasteiger partial charge in [0.05, 0.1) is 19.1 Å². The molecule has 0 spiro atoms. The van der Waals surface area contributed by atoms with Gasteiger partial charge >= 0.3 is 0 Å². The van der Waals surface area contributed by atoms with Crippen molar-refractivity contribution in [3.8, 4) is 5.75 Å². The van der Waals surface area contributed by atoms with Crippen LogP contribution in [0.3, 0.4) is 0 Å². The molecule has 11 heteroatoms. The predicted molar refractivity (Wildman–Crippen MR) is 158 cm³/mol. The maximum absolute atomic E-state index is 14.0. The molecule has 8 nitrogen and oxygen atoms in total. The lowest BCUT2D eigenvalue weighted by Crippen LogP contribution is -2.53. The second-order valence-corrected chi connectivity index (χ2v) is 12.1. The third-order valence-corrected chi connectivity index (χ3v) is 7.81. The van der Waals surface area contributed by atoms with Crippen molar-refractivity contribution in [2.24, 2.45) is 0 Å². The van der Waals surface area contributed by atoms with Crippen molar-refractivity contribution in [2.75, 3.05) is 30.8 Å². The topological polar surface area (TPSA) is 96.0 Å². The second kappa shape index (κ2) is 13.8. The zero-order valence-corrected chi connectivity index (χ0v) is 25.1. The molecule has 3 aromatic carbocycles. The summed E-state index contributed by atoms with van der Waals surface area (Å²) >= 11 is 9.63. The Hall–Kier alpha value is -3.08. The van der Waals surface area contributed by atoms with E-state index in [1.807, 2.05) is 54.6 Å². The number of hydrogen-bond donors (Lipinski definition) is 1. The largest absolute Gasteiger partial charge is 0.495 e. The molecule has 3 rings (SSSR count). The Morgan fingerprint density at radius 2 is 1.72 bits per heavy atom. The number of hydrogen-bond acceptors (Lipinski definition) is 5. The van der Waals surface area contributed by atoms with Gasteiger partial charge < -0.3 is 15.0 Å². The Balaban J connectivity index is 2.08. The van der Waals surface area contributed by atoms with Gasteiger partial charge in [0.15, 0.2) is 0 Å². The smallest absolute Gasteiger partial charge is 0.244 e. The highest BCUT2D eigenvalue weighted by Gasteiger charge is 2.33. The molecule has 0 aromatic heterocycles. The summed E-state index contributed by atoms with van der Waals surface area (Å²) in [7, 11) is -2.55. The van der Waals surface area contributed by atoms with Crippen LogP contribution in [0.1, 0.15) is 18.1 Å². The molecule has 0 aliphatic carbocycles. The van der Waals surface area contributed by atoms with E-state index in [1.54, 1.807) is 13.0 Å². The highest BCUT2D eigenvalue weighted by molar-refractivity contribution is 9.10. The van der Waals surface area contributed by atoms with E-state index in [0.717, 1.165) is 26.2 Å². The zero-order chi connectivity index (χ0) is 28.6. The quantitative estimate of drug-likeness (QED) is 0.312. The number of carbonyl (C=O) groups is 2. The summed E-state index contributed by atoms with van der Waals surface area (Å²) in [6.45, 7) is 1.69. The van der Waals surface area contributed by atoms with Gasteiger partial charge in [0, 0.05) is 29.0 Å². The number of sulfonamides is 1. The van der Waals surface area contributed by atoms with Gasteiger partial charge in [-0.05, 0) is 48.4 Å². The van der Waals surface area contributed by atoms with Crippen LogP contribution in [0.5, 0.6) is 5.75 Å². The van der Waals surface area contributed by atoms with E-state index in [0.29, 0.717) is 6.54 Å². The van der Waals surface area contributed by atoms with Crippen LogP contribution in [0.2, 0.25) is 5.02 Å². The number of likely N-dealkylation sites (N-methyl/N-ethyl adjacent to an activating group) is 1. The Bertz CT molecular complexity index is 1410. The molecule has 1 N–H and O–H groups in total. The average Bonchev–Trinajstić information content (AvgIpc) is 2.89. The van der Waals surface area contributed by atoms with Gasteiger partial charge in [-0.25, -0.2) is 8.42 Å². The van der Waals surface area contributed by atoms with Crippen LogP contribution in [-0.2, 0) is 32.6 Å². The molecule has 0 saturated carbocycles. The number of nitrogens with zero attached hydrogens (tertiary/aromatic N) is 2. The van der Waals surface area contributed by atoms with Crippen LogP contribution >= 0.6 is 27.5 Å². The van der Waals surface area contributed by atoms with E-state index >= 15 is 0 Å². The first-order valence-electron chi connectivity index (χ1n) is 12.2. The van der Waals surface area contributed by atoms with Crippen LogP contribution < -0.4 is 14.4 Å². The average molecular weight is 637 g/mol. The molecule has 39 heavy (non-hydrogen) atoms. The monoisotopic (exact) mass is 635 g/mol. The molecular weight excluding hydrogens is 606 g/mol. The summed E-state index contributed by atoms with van der Waals surface area (Å²) in [4.78, 5) is 28.8. The van der Waals surface area contributed by atoms with E-state index < -0.39 is 28.5 Å². The lowest BCUT2D eigenvalue weighted by molar-refractivity contribution is -0.140. The number of rotatable bonds is 12. The number of nitrogens with one attached hydrogen (secondary N) is 1. The summed E-state index contributed by atoms with van der Waals surface area (Å²) in [6, 6.07) is 20.4. The maximum atomic E-state index is 14.0. The van der Waals surface area contributed by atoms with E-state index in [-0.39, 0.29) is 35.3 Å². The summed E-state index contributed by atoms with van der Waals surface area (Å²) in [6.07, 6.45) is 1.25. The molecule has 0 heterocycles. The molecule has 0 radical (unpaired) electrons. The van der Waals surface area contributed by atoms with Gasteiger partial charge in [0.1, 0.15) is 18.3 Å². The minimum absolute atomic E-state index is 0.0805. The standard InChI is InChI=1S/C28H31BrClN3O5S/c1-4-31-28(35)25(16-20-9-6-5-7-10-20)32(18-21-11-8-12-22(29)15-21)27(34)19-33(39(3,36)37)24-17-23(30)13-14-26(24)38-2/h5-15,17,25H,4,16,18-19H2,1-3H3,(H,31,35)/t25-/m1/s1. The van der Waals surface area contributed by atoms with E-state index in [4.69, 9.17) is 16.3 Å². The fourth-order valence-corrected chi connectivity index (χ4v) is 5.59. The summed E-state index contributed by atoms with van der Waals surface area (Å²) in [5, 5.41) is 3.11. The minimum atomic E-state index is -3.95. The van der Waals surface area contributed by atoms with Crippen LogP contribution in [0, 0.1) is 0 Å². The molecule has 1 atom stereocenters. The Morgan fingerprint density at radius 1 is 1.03 bits per heavy atom. The second-order valence-electron chi connectivity index (χ2n) is 8.84. The first-order valence-corrected chi connectivity index (χ1v) is 15.2. The van der Waals surface area contributed by atoms with Crippen LogP contribution in [0.15, 0.2) is 77.3 Å². The van der Waals surface area contributed by atoms with Gasteiger partial charge in [-0.1, -0.05) is 70.0 Å². The normalized spacial score (nSPS) is 11.9. The first kappa shape index (κ1) is 30.5. The predicted octanol–water partition coefficient (Wildman–Crippen LogP) is 4.65. The Kier molecular flexibility index (Phi) is 10.8. The van der Waals surface area contributed by atoms with Crippen molar-refractivity contribution in [1.82, 2.24) is 10.2 Å². The van der Waals surface area contributed by atoms with E-state index in [9.17, 15) is 18.0 Å². The molecule has 0 aliphatic rings. The number of methoxy groups -OCH3 is 1. The fraction of sp³-hybridized carbons (Fsp3) is 0.286. The van der Waals surface area contributed by atoms with E-state index in [1.165, 1.54) is 24.1 Å². The van der Waals surface area contributed by atoms with Crippen LogP contribution in [0.25, 0.3) is 0 Å². The van der Waals surface area contributed by atoms with Crippen LogP contribution in [-0.4, -0.2) is 57.6 Å². The maximum Gasteiger partial charge on any atom is 0.244 e. The summed E-state index contributed by atoms with van der Waals surface area (Å²) < 4.78 is 33.0. The molecule has 0 aliphatic heterocycles. The van der Waals surface area contributed by atoms with Crippen molar-refractivity contribution in [1.29, 1.82) is 0 Å². The highest BCUT2D eigenvalue weighted by atomic mass is 79.9. The van der Waals surface area contributed by atoms with Crippen molar-refractivity contribution in [3.05, 3.63) is 93.4 Å². The van der Waals surface area contributed by atoms with Gasteiger partial charge in [0.2, 0.25) is 21.8 Å². The van der Waals surface area contributed by atoms with Crippen LogP contribution in [0.4, 0.5) is 5.69 Å². The summed E-state index contributed by atoms with van der Waals surface area (Å²) in [5.74, 6) is -0.661. The number of benzene rings is 3. The summed E-state index contributed by atoms with van der Waals surface area (Å²) in [5.41, 5.74) is 1.75. The fourth-order valence-electron chi connectivity index (χ4n) is 4.13. The van der Waals surface area contributed by atoms with E-state index in [2.05, 4.69) is 21.2 Å². The number of halogens is 2. The van der Waals surface area contributed by atoms with Gasteiger partial charge in [-0.3, -0.25) is 13.9 Å². The van der Waals surface area contributed by atoms with Crippen molar-refractivity contribution < 1.29 is 22.7 Å². The van der Waals surface area contributed by atoms with Gasteiger partial charge in [0.25, 0.3) is 0 Å².